The lowest BCUT2D eigenvalue weighted by Crippen LogP contribution is -2.52. The number of hydrogen-bond acceptors (Lipinski definition) is 11. The Morgan fingerprint density at radius 2 is 1.04 bits per heavy atom. The van der Waals surface area contributed by atoms with E-state index < -0.39 is 49.2 Å². The van der Waals surface area contributed by atoms with Crippen LogP contribution in [-0.2, 0) is 59.4 Å². The Morgan fingerprint density at radius 3 is 1.53 bits per heavy atom. The fourth-order valence-electron chi connectivity index (χ4n) is 9.77. The fourth-order valence-corrected chi connectivity index (χ4v) is 9.88. The molecule has 0 atom stereocenters. The lowest BCUT2D eigenvalue weighted by molar-refractivity contribution is -0.147. The maximum Gasteiger partial charge on any atom is 0.242 e. The van der Waals surface area contributed by atoms with Crippen LogP contribution < -0.4 is 22.1 Å². The van der Waals surface area contributed by atoms with Crippen LogP contribution in [0.25, 0.3) is 32.7 Å². The molecular formula is C60H77N15O7S. The molecule has 0 fully saturated rings. The van der Waals surface area contributed by atoms with Crippen LogP contribution in [0.2, 0.25) is 0 Å². The quantitative estimate of drug-likeness (QED) is 0.0128. The topological polar surface area (TPSA) is 288 Å². The first-order valence-corrected chi connectivity index (χ1v) is 28.6. The maximum absolute atomic E-state index is 14.7. The van der Waals surface area contributed by atoms with Crippen LogP contribution in [0, 0.1) is 0 Å². The molecule has 3 aromatic carbocycles. The molecule has 7 aromatic rings. The third kappa shape index (κ3) is 18.4. The van der Waals surface area contributed by atoms with Gasteiger partial charge in [0, 0.05) is 122 Å². The molecule has 0 spiro atoms. The van der Waals surface area contributed by atoms with E-state index in [1.54, 1.807) is 24.5 Å². The molecule has 4 heterocycles. The average molecular weight is 1150 g/mol. The number of nitrogens with one attached hydrogen (secondary N) is 5. The molecule has 0 bridgehead atoms. The van der Waals surface area contributed by atoms with Crippen LogP contribution >= 0.6 is 12.6 Å². The summed E-state index contributed by atoms with van der Waals surface area (Å²) in [6.45, 7) is 1.37. The Morgan fingerprint density at radius 1 is 0.566 bits per heavy atom. The number of nitrogens with two attached hydrogens (primary N) is 2. The standard InChI is InChI=1S/C60H77N15O7S/c1-3-26-71(40-58(81)72(37-53(76)65-25-30-83)27-19-44-32-67-50-16-7-4-13-47(44)50)57(80)41-74(29-21-46-34-69-52-18-9-6-15-49(46)52)56(79)38-70(2)55(78)39-75(36-43-12-10-22-63-31-43)59(82)42-73(54(77)35-64-23-11-24-66-60(61)62)28-20-45-33-68-51-17-8-5-14-48(45)51/h4-10,12-18,22,31-34,64,67-69,83H,3,11,19-21,23-30,35-42H2,1-2H3,(H,65,76)(H4,61,62,66). The van der Waals surface area contributed by atoms with Crippen molar-refractivity contribution < 1.29 is 33.6 Å². The summed E-state index contributed by atoms with van der Waals surface area (Å²) in [6.07, 6.45) is 11.1. The van der Waals surface area contributed by atoms with Crippen LogP contribution in [-0.4, -0.2) is 201 Å². The molecule has 7 rings (SSSR count). The molecule has 0 aliphatic heterocycles. The average Bonchev–Trinajstić information content (AvgIpc) is 4.32. The van der Waals surface area contributed by atoms with Gasteiger partial charge >= 0.3 is 0 Å². The van der Waals surface area contributed by atoms with E-state index in [0.29, 0.717) is 63.1 Å². The highest BCUT2D eigenvalue weighted by atomic mass is 32.1. The number of fused-ring (bicyclic) bond motifs is 3. The number of nitrogens with zero attached hydrogens (tertiary/aromatic N) is 8. The molecule has 9 N–H and O–H groups in total. The van der Waals surface area contributed by atoms with Crippen LogP contribution in [0.5, 0.6) is 0 Å². The van der Waals surface area contributed by atoms with E-state index in [-0.39, 0.29) is 76.7 Å². The minimum atomic E-state index is -0.568. The lowest BCUT2D eigenvalue weighted by Gasteiger charge is -2.31. The molecule has 0 saturated heterocycles. The molecule has 0 radical (unpaired) electrons. The van der Waals surface area contributed by atoms with Crippen molar-refractivity contribution in [3.63, 3.8) is 0 Å². The first-order valence-electron chi connectivity index (χ1n) is 28.0. The Labute approximate surface area is 488 Å². The second kappa shape index (κ2) is 31.5. The Kier molecular flexibility index (Phi) is 23.5. The monoisotopic (exact) mass is 1150 g/mol. The molecule has 7 amide bonds. The predicted molar refractivity (Wildman–Crippen MR) is 325 cm³/mol. The van der Waals surface area contributed by atoms with Crippen molar-refractivity contribution in [1.29, 1.82) is 0 Å². The smallest absolute Gasteiger partial charge is 0.242 e. The Balaban J connectivity index is 1.06. The molecular weight excluding hydrogens is 1070 g/mol. The van der Waals surface area contributed by atoms with Gasteiger partial charge in [-0.2, -0.15) is 12.6 Å². The summed E-state index contributed by atoms with van der Waals surface area (Å²) in [5.41, 5.74) is 17.2. The summed E-state index contributed by atoms with van der Waals surface area (Å²) in [7, 11) is 1.46. The number of aromatic nitrogens is 4. The molecule has 0 aliphatic carbocycles. The zero-order valence-electron chi connectivity index (χ0n) is 47.4. The predicted octanol–water partition coefficient (Wildman–Crippen LogP) is 3.06. The maximum atomic E-state index is 14.7. The number of pyridine rings is 1. The number of amides is 7. The zero-order chi connectivity index (χ0) is 59.1. The number of rotatable bonds is 33. The lowest BCUT2D eigenvalue weighted by atomic mass is 10.1. The summed E-state index contributed by atoms with van der Waals surface area (Å²) in [5.74, 6) is -2.83. The number of carbonyl (C=O) groups excluding carboxylic acids is 7. The van der Waals surface area contributed by atoms with Crippen LogP contribution in [0.3, 0.4) is 0 Å². The number of benzene rings is 3. The minimum absolute atomic E-state index is 0.0221. The summed E-state index contributed by atoms with van der Waals surface area (Å²) in [6, 6.07) is 26.9. The van der Waals surface area contributed by atoms with Crippen molar-refractivity contribution >= 4 is 92.6 Å². The van der Waals surface area contributed by atoms with Crippen molar-refractivity contribution in [2.75, 3.05) is 104 Å². The molecule has 83 heavy (non-hydrogen) atoms. The van der Waals surface area contributed by atoms with E-state index in [0.717, 1.165) is 49.4 Å². The summed E-state index contributed by atoms with van der Waals surface area (Å²) >= 11 is 4.21. The van der Waals surface area contributed by atoms with E-state index in [1.807, 2.05) is 98.3 Å². The summed E-state index contributed by atoms with van der Waals surface area (Å²) in [4.78, 5) is 126. The van der Waals surface area contributed by atoms with Crippen molar-refractivity contribution in [3.05, 3.63) is 138 Å². The van der Waals surface area contributed by atoms with Crippen LogP contribution in [0.15, 0.2) is 121 Å². The van der Waals surface area contributed by atoms with E-state index in [9.17, 15) is 33.6 Å². The fraction of sp³-hybridized carbons (Fsp3) is 0.383. The van der Waals surface area contributed by atoms with Crippen molar-refractivity contribution in [3.8, 4) is 0 Å². The number of thiol groups is 1. The molecule has 22 nitrogen and oxygen atoms in total. The van der Waals surface area contributed by atoms with Gasteiger partial charge in [0.1, 0.15) is 6.54 Å². The molecule has 440 valence electrons. The van der Waals surface area contributed by atoms with Gasteiger partial charge in [0.15, 0.2) is 5.96 Å². The van der Waals surface area contributed by atoms with Gasteiger partial charge in [-0.1, -0.05) is 67.6 Å². The number of carbonyl (C=O) groups is 7. The highest BCUT2D eigenvalue weighted by Gasteiger charge is 2.29. The number of aliphatic imine (C=N–C) groups is 1. The third-order valence-corrected chi connectivity index (χ3v) is 14.5. The largest absolute Gasteiger partial charge is 0.370 e. The SMILES string of the molecule is CCCN(CC(=O)N(CCc1c[nH]c2ccccc12)CC(=O)NCCS)C(=O)CN(CCc1c[nH]c2ccccc12)C(=O)CN(C)C(=O)CN(Cc1cccnc1)C(=O)CN(CCc1c[nH]c2ccccc12)C(=O)CNCCCN=C(N)N. The zero-order valence-corrected chi connectivity index (χ0v) is 48.3. The second-order valence-electron chi connectivity index (χ2n) is 20.4. The molecule has 4 aromatic heterocycles. The second-order valence-corrected chi connectivity index (χ2v) is 20.8. The van der Waals surface area contributed by atoms with Gasteiger partial charge in [0.2, 0.25) is 41.4 Å². The molecule has 0 saturated carbocycles. The first kappa shape index (κ1) is 61.9. The van der Waals surface area contributed by atoms with Gasteiger partial charge in [0.25, 0.3) is 0 Å². The molecule has 0 aliphatic rings. The van der Waals surface area contributed by atoms with Gasteiger partial charge in [-0.15, -0.1) is 0 Å². The highest BCUT2D eigenvalue weighted by Crippen LogP contribution is 2.22. The highest BCUT2D eigenvalue weighted by molar-refractivity contribution is 7.80. The van der Waals surface area contributed by atoms with E-state index >= 15 is 0 Å². The first-order chi connectivity index (χ1) is 40.2. The molecule has 23 heteroatoms. The van der Waals surface area contributed by atoms with Crippen molar-refractivity contribution in [1.82, 2.24) is 60.0 Å². The van der Waals surface area contributed by atoms with Gasteiger partial charge in [0.05, 0.1) is 39.3 Å². The van der Waals surface area contributed by atoms with E-state index in [2.05, 4.69) is 48.2 Å². The number of guanidine groups is 1. The summed E-state index contributed by atoms with van der Waals surface area (Å²) in [5, 5.41) is 8.87. The number of likely N-dealkylation sites (N-methyl/N-ethyl adjacent to an activating group) is 1. The normalized spacial score (nSPS) is 11.1. The molecule has 0 unspecified atom stereocenters. The van der Waals surface area contributed by atoms with Crippen LogP contribution in [0.1, 0.15) is 42.0 Å². The van der Waals surface area contributed by atoms with E-state index in [4.69, 9.17) is 11.5 Å². The number of aromatic amines is 3. The Hall–Kier alpha value is -8.70. The summed E-state index contributed by atoms with van der Waals surface area (Å²) < 4.78 is 0. The van der Waals surface area contributed by atoms with Gasteiger partial charge in [-0.25, -0.2) is 0 Å². The van der Waals surface area contributed by atoms with Crippen molar-refractivity contribution in [2.24, 2.45) is 16.5 Å². The Bertz CT molecular complexity index is 3320. The number of para-hydroxylation sites is 3. The minimum Gasteiger partial charge on any atom is -0.370 e. The third-order valence-electron chi connectivity index (χ3n) is 14.3. The van der Waals surface area contributed by atoms with Gasteiger partial charge in [-0.3, -0.25) is 43.5 Å². The van der Waals surface area contributed by atoms with E-state index in [1.165, 1.54) is 36.4 Å². The number of H-pyrrole nitrogens is 3. The van der Waals surface area contributed by atoms with Gasteiger partial charge in [-0.05, 0) is 85.2 Å². The van der Waals surface area contributed by atoms with Crippen LogP contribution in [0.4, 0.5) is 0 Å². The van der Waals surface area contributed by atoms with Gasteiger partial charge < -0.3 is 66.5 Å². The van der Waals surface area contributed by atoms with Crippen molar-refractivity contribution in [2.45, 2.75) is 45.6 Å². The number of hydrogen-bond donors (Lipinski definition) is 8.